The summed E-state index contributed by atoms with van der Waals surface area (Å²) in [7, 11) is 0. The van der Waals surface area contributed by atoms with Gasteiger partial charge < -0.3 is 20.1 Å². The van der Waals surface area contributed by atoms with Crippen LogP contribution in [0.2, 0.25) is 0 Å². The number of ether oxygens (including phenoxy) is 1. The van der Waals surface area contributed by atoms with E-state index in [0.29, 0.717) is 12.8 Å². The van der Waals surface area contributed by atoms with E-state index < -0.39 is 62.7 Å². The van der Waals surface area contributed by atoms with E-state index in [1.54, 1.807) is 13.8 Å². The predicted molar refractivity (Wildman–Crippen MR) is 148 cm³/mol. The minimum absolute atomic E-state index is 0.0104. The third-order valence-corrected chi connectivity index (χ3v) is 11.9. The number of esters is 1. The smallest absolute Gasteiger partial charge is 0.303 e. The van der Waals surface area contributed by atoms with Crippen molar-refractivity contribution in [2.24, 2.45) is 39.4 Å². The van der Waals surface area contributed by atoms with Crippen LogP contribution in [0.5, 0.6) is 0 Å². The number of aliphatic hydroxyl groups is 3. The van der Waals surface area contributed by atoms with E-state index in [0.717, 1.165) is 5.57 Å². The van der Waals surface area contributed by atoms with Crippen molar-refractivity contribution in [2.45, 2.75) is 124 Å². The van der Waals surface area contributed by atoms with Gasteiger partial charge in [0.05, 0.1) is 6.10 Å². The second-order valence-electron chi connectivity index (χ2n) is 15.1. The van der Waals surface area contributed by atoms with Crippen molar-refractivity contribution < 1.29 is 39.2 Å². The summed E-state index contributed by atoms with van der Waals surface area (Å²) in [5.41, 5.74) is -5.07. The van der Waals surface area contributed by atoms with Gasteiger partial charge in [-0.25, -0.2) is 0 Å². The molecule has 3 saturated carbocycles. The van der Waals surface area contributed by atoms with E-state index in [-0.39, 0.29) is 49.1 Å². The first kappa shape index (κ1) is 31.0. The number of allylic oxidation sites excluding steroid dienone is 2. The molecule has 8 heteroatoms. The zero-order valence-electron chi connectivity index (χ0n) is 25.6. The molecule has 40 heavy (non-hydrogen) atoms. The molecule has 0 aliphatic heterocycles. The highest BCUT2D eigenvalue weighted by molar-refractivity contribution is 5.95. The molecule has 0 bridgehead atoms. The molecule has 0 aromatic carbocycles. The molecule has 8 nitrogen and oxygen atoms in total. The van der Waals surface area contributed by atoms with Crippen LogP contribution in [0.4, 0.5) is 0 Å². The SMILES string of the molecule is CC(=O)OC(C)(C)CCC(=O)[C@](C)(O)[C@H]1[C@H](O)C[C@@]2(C)[C@@H]3CC=C4[C@@H](C[C@H](O)C(=O)C4(C)C)[C@]3(C)C(=O)C[C@]12C. The van der Waals surface area contributed by atoms with Gasteiger partial charge >= 0.3 is 5.97 Å². The number of ketones is 3. The number of carbonyl (C=O) groups is 4. The third-order valence-electron chi connectivity index (χ3n) is 11.9. The van der Waals surface area contributed by atoms with Gasteiger partial charge in [0.2, 0.25) is 0 Å². The zero-order chi connectivity index (χ0) is 30.4. The lowest BCUT2D eigenvalue weighted by molar-refractivity contribution is -0.185. The van der Waals surface area contributed by atoms with Crippen molar-refractivity contribution in [3.05, 3.63) is 11.6 Å². The summed E-state index contributed by atoms with van der Waals surface area (Å²) in [4.78, 5) is 52.2. The number of aliphatic hydroxyl groups excluding tert-OH is 2. The average molecular weight is 561 g/mol. The maximum Gasteiger partial charge on any atom is 0.303 e. The van der Waals surface area contributed by atoms with Crippen molar-refractivity contribution in [1.29, 1.82) is 0 Å². The van der Waals surface area contributed by atoms with Crippen LogP contribution >= 0.6 is 0 Å². The molecule has 0 radical (unpaired) electrons. The molecule has 3 N–H and O–H groups in total. The lowest BCUT2D eigenvalue weighted by Crippen LogP contribution is -2.65. The van der Waals surface area contributed by atoms with E-state index in [2.05, 4.69) is 13.0 Å². The summed E-state index contributed by atoms with van der Waals surface area (Å²) in [6, 6.07) is 0. The lowest BCUT2D eigenvalue weighted by Gasteiger charge is -2.64. The molecule has 4 aliphatic rings. The van der Waals surface area contributed by atoms with Gasteiger partial charge in [-0.05, 0) is 83.0 Å². The fourth-order valence-corrected chi connectivity index (χ4v) is 9.68. The molecule has 0 aromatic heterocycles. The van der Waals surface area contributed by atoms with Gasteiger partial charge in [0.15, 0.2) is 11.6 Å². The van der Waals surface area contributed by atoms with Gasteiger partial charge in [-0.2, -0.15) is 0 Å². The van der Waals surface area contributed by atoms with E-state index in [1.165, 1.54) is 13.8 Å². The van der Waals surface area contributed by atoms with E-state index in [4.69, 9.17) is 4.74 Å². The molecule has 0 amide bonds. The molecular formula is C32H48O8. The van der Waals surface area contributed by atoms with Crippen LogP contribution in [0.3, 0.4) is 0 Å². The fourth-order valence-electron chi connectivity index (χ4n) is 9.68. The van der Waals surface area contributed by atoms with Gasteiger partial charge in [-0.1, -0.05) is 32.4 Å². The summed E-state index contributed by atoms with van der Waals surface area (Å²) in [5.74, 6) is -2.52. The van der Waals surface area contributed by atoms with Gasteiger partial charge in [0.25, 0.3) is 0 Å². The number of hydrogen-bond donors (Lipinski definition) is 3. The Balaban J connectivity index is 1.70. The molecule has 4 rings (SSSR count). The summed E-state index contributed by atoms with van der Waals surface area (Å²) >= 11 is 0. The molecule has 3 fully saturated rings. The topological polar surface area (TPSA) is 138 Å². The molecule has 224 valence electrons. The number of carbonyl (C=O) groups excluding carboxylic acids is 4. The van der Waals surface area contributed by atoms with Crippen molar-refractivity contribution in [3.63, 3.8) is 0 Å². The largest absolute Gasteiger partial charge is 0.460 e. The number of hydrogen-bond acceptors (Lipinski definition) is 8. The Labute approximate surface area is 237 Å². The number of fused-ring (bicyclic) bond motifs is 5. The molecule has 0 saturated heterocycles. The van der Waals surface area contributed by atoms with E-state index in [9.17, 15) is 34.5 Å². The van der Waals surface area contributed by atoms with Gasteiger partial charge in [0.1, 0.15) is 23.1 Å². The van der Waals surface area contributed by atoms with Crippen LogP contribution in [-0.4, -0.2) is 62.0 Å². The first-order valence-electron chi connectivity index (χ1n) is 14.7. The summed E-state index contributed by atoms with van der Waals surface area (Å²) < 4.78 is 5.31. The second-order valence-corrected chi connectivity index (χ2v) is 15.1. The minimum Gasteiger partial charge on any atom is -0.460 e. The maximum absolute atomic E-state index is 14.3. The highest BCUT2D eigenvalue weighted by atomic mass is 16.6. The highest BCUT2D eigenvalue weighted by Crippen LogP contribution is 2.74. The first-order chi connectivity index (χ1) is 18.1. The second kappa shape index (κ2) is 9.30. The number of rotatable bonds is 6. The summed E-state index contributed by atoms with van der Waals surface area (Å²) in [5, 5.41) is 34.1. The minimum atomic E-state index is -1.91. The van der Waals surface area contributed by atoms with Crippen LogP contribution in [-0.2, 0) is 23.9 Å². The fraction of sp³-hybridized carbons (Fsp3) is 0.812. The average Bonchev–Trinajstić information content (AvgIpc) is 3.01. The number of Topliss-reactive ketones (excluding diaryl/α,β-unsaturated/α-hetero) is 3. The molecular weight excluding hydrogens is 512 g/mol. The van der Waals surface area contributed by atoms with Crippen molar-refractivity contribution >= 4 is 23.3 Å². The predicted octanol–water partition coefficient (Wildman–Crippen LogP) is 3.72. The molecule has 0 unspecified atom stereocenters. The quantitative estimate of drug-likeness (QED) is 0.330. The molecule has 0 heterocycles. The first-order valence-corrected chi connectivity index (χ1v) is 14.7. The van der Waals surface area contributed by atoms with Crippen molar-refractivity contribution in [1.82, 2.24) is 0 Å². The standard InChI is InChI=1S/C32H48O8/c1-17(33)40-27(2,3)13-12-23(36)32(9,39)25-21(35)15-29(6)22-11-10-18-19(14-20(34)26(38)28(18,4)5)31(22,8)24(37)16-30(25,29)7/h10,19-22,25,34-35,39H,11-16H2,1-9H3/t19-,20+,21-,22+,25+,29+,30-,31+,32+/m1/s1. The third kappa shape index (κ3) is 4.18. The van der Waals surface area contributed by atoms with Crippen LogP contribution in [0.15, 0.2) is 11.6 Å². The Morgan fingerprint density at radius 1 is 1.05 bits per heavy atom. The summed E-state index contributed by atoms with van der Waals surface area (Å²) in [6.07, 6.45) is 1.23. The van der Waals surface area contributed by atoms with E-state index >= 15 is 0 Å². The van der Waals surface area contributed by atoms with Gasteiger partial charge in [0, 0.05) is 36.5 Å². The van der Waals surface area contributed by atoms with Crippen molar-refractivity contribution in [2.75, 3.05) is 0 Å². The van der Waals surface area contributed by atoms with Crippen LogP contribution in [0.25, 0.3) is 0 Å². The van der Waals surface area contributed by atoms with Crippen LogP contribution in [0.1, 0.15) is 101 Å². The normalized spacial score (nSPS) is 42.2. The lowest BCUT2D eigenvalue weighted by atomic mass is 9.38. The Bertz CT molecular complexity index is 1160. The van der Waals surface area contributed by atoms with Crippen LogP contribution in [0, 0.1) is 39.4 Å². The Morgan fingerprint density at radius 2 is 1.65 bits per heavy atom. The zero-order valence-corrected chi connectivity index (χ0v) is 25.6. The monoisotopic (exact) mass is 560 g/mol. The van der Waals surface area contributed by atoms with Gasteiger partial charge in [-0.15, -0.1) is 0 Å². The Kier molecular flexibility index (Phi) is 7.22. The maximum atomic E-state index is 14.3. The Hall–Kier alpha value is -1.90. The molecule has 0 spiro atoms. The highest BCUT2D eigenvalue weighted by Gasteiger charge is 2.74. The molecule has 9 atom stereocenters. The Morgan fingerprint density at radius 3 is 2.23 bits per heavy atom. The van der Waals surface area contributed by atoms with Gasteiger partial charge in [-0.3, -0.25) is 19.2 Å². The summed E-state index contributed by atoms with van der Waals surface area (Å²) in [6.45, 7) is 15.8. The van der Waals surface area contributed by atoms with Crippen molar-refractivity contribution in [3.8, 4) is 0 Å². The van der Waals surface area contributed by atoms with E-state index in [1.807, 2.05) is 27.7 Å². The molecule has 0 aromatic rings. The van der Waals surface area contributed by atoms with Crippen LogP contribution < -0.4 is 0 Å². The molecule has 4 aliphatic carbocycles.